The van der Waals surface area contributed by atoms with Crippen molar-refractivity contribution < 1.29 is 9.59 Å². The third-order valence-corrected chi connectivity index (χ3v) is 5.67. The molecule has 1 amide bonds. The lowest BCUT2D eigenvalue weighted by Crippen LogP contribution is -2.31. The van der Waals surface area contributed by atoms with E-state index in [1.54, 1.807) is 30.3 Å². The van der Waals surface area contributed by atoms with Crippen molar-refractivity contribution in [3.63, 3.8) is 0 Å². The molecule has 2 heterocycles. The summed E-state index contributed by atoms with van der Waals surface area (Å²) in [6.45, 7) is 4.01. The molecule has 0 spiro atoms. The summed E-state index contributed by atoms with van der Waals surface area (Å²) >= 11 is 1.40. The quantitative estimate of drug-likeness (QED) is 0.592. The van der Waals surface area contributed by atoms with Crippen molar-refractivity contribution >= 4 is 23.0 Å². The van der Waals surface area contributed by atoms with E-state index in [0.717, 1.165) is 13.0 Å². The number of amides is 1. The Bertz CT molecular complexity index is 719. The number of thiophene rings is 1. The van der Waals surface area contributed by atoms with E-state index in [-0.39, 0.29) is 11.7 Å². The smallest absolute Gasteiger partial charge is 0.252 e. The molecule has 1 aromatic carbocycles. The highest BCUT2D eigenvalue weighted by Gasteiger charge is 2.18. The maximum absolute atomic E-state index is 12.6. The van der Waals surface area contributed by atoms with Gasteiger partial charge in [-0.1, -0.05) is 37.1 Å². The zero-order chi connectivity index (χ0) is 18.2. The monoisotopic (exact) mass is 370 g/mol. The van der Waals surface area contributed by atoms with Crippen LogP contribution in [0.2, 0.25) is 0 Å². The molecular formula is C21H26N2O2S. The van der Waals surface area contributed by atoms with E-state index in [9.17, 15) is 9.59 Å². The van der Waals surface area contributed by atoms with Gasteiger partial charge in [0.25, 0.3) is 5.91 Å². The number of hydrogen-bond donors (Lipinski definition) is 1. The van der Waals surface area contributed by atoms with Crippen molar-refractivity contribution in [1.82, 2.24) is 10.2 Å². The molecule has 5 heteroatoms. The van der Waals surface area contributed by atoms with Gasteiger partial charge < -0.3 is 10.2 Å². The molecule has 138 valence electrons. The Labute approximate surface area is 159 Å². The van der Waals surface area contributed by atoms with Crippen LogP contribution >= 0.6 is 11.3 Å². The molecule has 2 aromatic rings. The van der Waals surface area contributed by atoms with Crippen LogP contribution in [0.3, 0.4) is 0 Å². The molecule has 1 saturated heterocycles. The predicted octanol–water partition coefficient (Wildman–Crippen LogP) is 3.98. The van der Waals surface area contributed by atoms with Gasteiger partial charge in [0.2, 0.25) is 5.78 Å². The van der Waals surface area contributed by atoms with E-state index < -0.39 is 0 Å². The summed E-state index contributed by atoms with van der Waals surface area (Å²) in [4.78, 5) is 28.3. The number of benzene rings is 1. The Morgan fingerprint density at radius 1 is 0.962 bits per heavy atom. The number of carbonyl (C=O) groups excluding carboxylic acids is 2. The van der Waals surface area contributed by atoms with Crippen LogP contribution in [0.15, 0.2) is 41.8 Å². The van der Waals surface area contributed by atoms with E-state index in [1.165, 1.54) is 50.1 Å². The highest BCUT2D eigenvalue weighted by molar-refractivity contribution is 7.12. The van der Waals surface area contributed by atoms with Gasteiger partial charge in [-0.2, -0.15) is 0 Å². The summed E-state index contributed by atoms with van der Waals surface area (Å²) in [5.41, 5.74) is 0.931. The van der Waals surface area contributed by atoms with Crippen LogP contribution in [0.5, 0.6) is 0 Å². The minimum absolute atomic E-state index is 0.0877. The van der Waals surface area contributed by atoms with Gasteiger partial charge in [0.1, 0.15) is 0 Å². The highest BCUT2D eigenvalue weighted by atomic mass is 32.1. The molecule has 0 atom stereocenters. The standard InChI is InChI=1S/C21H26N2O2S/c24-20(19-11-7-16-26-19)17-9-3-4-10-18(17)21(25)22-12-8-15-23-13-5-1-2-6-14-23/h3-4,7,9-11,16H,1-2,5-6,8,12-15H2,(H,22,25). The van der Waals surface area contributed by atoms with Gasteiger partial charge >= 0.3 is 0 Å². The third-order valence-electron chi connectivity index (χ3n) is 4.80. The summed E-state index contributed by atoms with van der Waals surface area (Å²) in [5, 5.41) is 4.85. The van der Waals surface area contributed by atoms with Gasteiger partial charge in [0.05, 0.1) is 10.4 Å². The van der Waals surface area contributed by atoms with Crippen molar-refractivity contribution in [2.24, 2.45) is 0 Å². The van der Waals surface area contributed by atoms with Crippen molar-refractivity contribution in [3.8, 4) is 0 Å². The fraction of sp³-hybridized carbons (Fsp3) is 0.429. The molecule has 1 aromatic heterocycles. The fourth-order valence-corrected chi connectivity index (χ4v) is 4.06. The molecular weight excluding hydrogens is 344 g/mol. The number of ketones is 1. The highest BCUT2D eigenvalue weighted by Crippen LogP contribution is 2.18. The number of hydrogen-bond acceptors (Lipinski definition) is 4. The van der Waals surface area contributed by atoms with Crippen LogP contribution < -0.4 is 5.32 Å². The molecule has 0 aliphatic carbocycles. The molecule has 0 bridgehead atoms. The first-order valence-electron chi connectivity index (χ1n) is 9.43. The summed E-state index contributed by atoms with van der Waals surface area (Å²) in [5.74, 6) is -0.253. The number of nitrogens with zero attached hydrogens (tertiary/aromatic N) is 1. The third kappa shape index (κ3) is 5.02. The molecule has 0 unspecified atom stereocenters. The fourth-order valence-electron chi connectivity index (χ4n) is 3.38. The molecule has 1 aliphatic rings. The Hall–Kier alpha value is -1.98. The Morgan fingerprint density at radius 3 is 2.38 bits per heavy atom. The maximum atomic E-state index is 12.6. The minimum Gasteiger partial charge on any atom is -0.352 e. The van der Waals surface area contributed by atoms with Gasteiger partial charge in [-0.15, -0.1) is 11.3 Å². The van der Waals surface area contributed by atoms with Crippen LogP contribution in [0, 0.1) is 0 Å². The SMILES string of the molecule is O=C(NCCCN1CCCCCC1)c1ccccc1C(=O)c1cccs1. The summed E-state index contributed by atoms with van der Waals surface area (Å²) < 4.78 is 0. The van der Waals surface area contributed by atoms with E-state index in [2.05, 4.69) is 10.2 Å². The molecule has 3 rings (SSSR count). The van der Waals surface area contributed by atoms with Crippen LogP contribution in [0.1, 0.15) is 57.7 Å². The van der Waals surface area contributed by atoms with E-state index >= 15 is 0 Å². The van der Waals surface area contributed by atoms with Crippen LogP contribution in [-0.4, -0.2) is 42.8 Å². The lowest BCUT2D eigenvalue weighted by Gasteiger charge is -2.19. The molecule has 0 saturated carbocycles. The van der Waals surface area contributed by atoms with Gasteiger partial charge in [-0.3, -0.25) is 9.59 Å². The molecule has 4 nitrogen and oxygen atoms in total. The lowest BCUT2D eigenvalue weighted by atomic mass is 10.0. The van der Waals surface area contributed by atoms with Gasteiger partial charge in [-0.25, -0.2) is 0 Å². The van der Waals surface area contributed by atoms with Crippen molar-refractivity contribution in [1.29, 1.82) is 0 Å². The van der Waals surface area contributed by atoms with Crippen LogP contribution in [-0.2, 0) is 0 Å². The zero-order valence-electron chi connectivity index (χ0n) is 15.1. The van der Waals surface area contributed by atoms with E-state index in [0.29, 0.717) is 22.5 Å². The van der Waals surface area contributed by atoms with Crippen molar-refractivity contribution in [2.75, 3.05) is 26.2 Å². The van der Waals surface area contributed by atoms with Gasteiger partial charge in [0.15, 0.2) is 0 Å². The van der Waals surface area contributed by atoms with Gasteiger partial charge in [0, 0.05) is 12.1 Å². The van der Waals surface area contributed by atoms with Crippen LogP contribution in [0.25, 0.3) is 0 Å². The summed E-state index contributed by atoms with van der Waals surface area (Å²) in [7, 11) is 0. The molecule has 1 aliphatic heterocycles. The van der Waals surface area contributed by atoms with Crippen LogP contribution in [0.4, 0.5) is 0 Å². The first-order valence-corrected chi connectivity index (χ1v) is 10.3. The molecule has 1 N–H and O–H groups in total. The predicted molar refractivity (Wildman–Crippen MR) is 106 cm³/mol. The number of likely N-dealkylation sites (tertiary alicyclic amines) is 1. The topological polar surface area (TPSA) is 49.4 Å². The second-order valence-electron chi connectivity index (χ2n) is 6.72. The largest absolute Gasteiger partial charge is 0.352 e. The van der Waals surface area contributed by atoms with E-state index in [1.807, 2.05) is 11.4 Å². The maximum Gasteiger partial charge on any atom is 0.252 e. The average Bonchev–Trinajstić information content (AvgIpc) is 3.09. The Balaban J connectivity index is 1.54. The lowest BCUT2D eigenvalue weighted by molar-refractivity contribution is 0.0940. The number of rotatable bonds is 7. The van der Waals surface area contributed by atoms with Crippen molar-refractivity contribution in [3.05, 3.63) is 57.8 Å². The normalized spacial score (nSPS) is 15.4. The Morgan fingerprint density at radius 2 is 1.69 bits per heavy atom. The average molecular weight is 371 g/mol. The molecule has 26 heavy (non-hydrogen) atoms. The summed E-state index contributed by atoms with van der Waals surface area (Å²) in [6, 6.07) is 10.7. The minimum atomic E-state index is -0.165. The molecule has 1 fully saturated rings. The second kappa shape index (κ2) is 9.64. The first-order chi connectivity index (χ1) is 12.8. The van der Waals surface area contributed by atoms with Gasteiger partial charge in [-0.05, 0) is 56.4 Å². The first kappa shape index (κ1) is 18.8. The second-order valence-corrected chi connectivity index (χ2v) is 7.67. The number of nitrogens with one attached hydrogen (secondary N) is 1. The Kier molecular flexibility index (Phi) is 6.97. The zero-order valence-corrected chi connectivity index (χ0v) is 15.9. The molecule has 0 radical (unpaired) electrons. The summed E-state index contributed by atoms with van der Waals surface area (Å²) in [6.07, 6.45) is 6.17. The van der Waals surface area contributed by atoms with Crippen molar-refractivity contribution in [2.45, 2.75) is 32.1 Å². The number of carbonyl (C=O) groups is 2. The van der Waals surface area contributed by atoms with E-state index in [4.69, 9.17) is 0 Å².